The quantitative estimate of drug-likeness (QED) is 0.712. The van der Waals surface area contributed by atoms with Gasteiger partial charge in [0.2, 0.25) is 5.91 Å². The first-order valence-corrected chi connectivity index (χ1v) is 8.52. The predicted octanol–water partition coefficient (Wildman–Crippen LogP) is 3.67. The first-order chi connectivity index (χ1) is 11.7. The fourth-order valence-corrected chi connectivity index (χ4v) is 2.76. The number of aryl methyl sites for hydroxylation is 1. The second-order valence-corrected chi connectivity index (χ2v) is 6.21. The molecule has 0 unspecified atom stereocenters. The number of benzene rings is 1. The summed E-state index contributed by atoms with van der Waals surface area (Å²) >= 11 is 5.86. The number of pyridine rings is 1. The fraction of sp³-hybridized carbons (Fsp3) is 0.263. The van der Waals surface area contributed by atoms with Gasteiger partial charge in [0.05, 0.1) is 5.69 Å². The highest BCUT2D eigenvalue weighted by Crippen LogP contribution is 2.11. The summed E-state index contributed by atoms with van der Waals surface area (Å²) in [6.45, 7) is 0.615. The molecule has 124 valence electrons. The summed E-state index contributed by atoms with van der Waals surface area (Å²) in [6, 6.07) is 13.7. The van der Waals surface area contributed by atoms with E-state index in [4.69, 9.17) is 11.6 Å². The van der Waals surface area contributed by atoms with Gasteiger partial charge in [0.15, 0.2) is 0 Å². The number of fused-ring (bicyclic) bond motifs is 1. The topological polar surface area (TPSA) is 46.4 Å². The molecule has 3 rings (SSSR count). The maximum atomic E-state index is 11.9. The summed E-state index contributed by atoms with van der Waals surface area (Å²) in [7, 11) is 0. The third kappa shape index (κ3) is 4.59. The number of aromatic nitrogens is 2. The summed E-state index contributed by atoms with van der Waals surface area (Å²) in [4.78, 5) is 16.4. The fourth-order valence-electron chi connectivity index (χ4n) is 2.63. The second kappa shape index (κ2) is 7.97. The van der Waals surface area contributed by atoms with Crippen molar-refractivity contribution in [1.82, 2.24) is 14.7 Å². The average Bonchev–Trinajstić information content (AvgIpc) is 2.99. The van der Waals surface area contributed by atoms with Crippen molar-refractivity contribution in [2.45, 2.75) is 25.7 Å². The molecular weight excluding hydrogens is 322 g/mol. The lowest BCUT2D eigenvalue weighted by Gasteiger charge is -2.04. The number of rotatable bonds is 7. The van der Waals surface area contributed by atoms with Crippen molar-refractivity contribution in [3.63, 3.8) is 0 Å². The Labute approximate surface area is 146 Å². The summed E-state index contributed by atoms with van der Waals surface area (Å²) in [5.74, 6) is 0.0905. The van der Waals surface area contributed by atoms with Crippen LogP contribution in [0, 0.1) is 0 Å². The lowest BCUT2D eigenvalue weighted by molar-refractivity contribution is -0.121. The molecule has 0 aliphatic rings. The van der Waals surface area contributed by atoms with Crippen LogP contribution in [0.4, 0.5) is 0 Å². The lowest BCUT2D eigenvalue weighted by Crippen LogP contribution is -2.25. The largest absolute Gasteiger partial charge is 0.356 e. The van der Waals surface area contributed by atoms with Crippen LogP contribution in [0.1, 0.15) is 24.1 Å². The Hall–Kier alpha value is -2.33. The number of hydrogen-bond acceptors (Lipinski definition) is 2. The predicted molar refractivity (Wildman–Crippen MR) is 96.3 cm³/mol. The summed E-state index contributed by atoms with van der Waals surface area (Å²) < 4.78 is 1.99. The van der Waals surface area contributed by atoms with Crippen molar-refractivity contribution < 1.29 is 4.79 Å². The molecule has 0 aliphatic heterocycles. The van der Waals surface area contributed by atoms with Gasteiger partial charge in [-0.15, -0.1) is 0 Å². The van der Waals surface area contributed by atoms with Gasteiger partial charge >= 0.3 is 0 Å². The van der Waals surface area contributed by atoms with E-state index in [1.165, 1.54) is 5.56 Å². The molecule has 24 heavy (non-hydrogen) atoms. The van der Waals surface area contributed by atoms with Gasteiger partial charge < -0.3 is 9.72 Å². The van der Waals surface area contributed by atoms with Crippen molar-refractivity contribution in [3.8, 4) is 0 Å². The molecule has 3 aromatic rings. The second-order valence-electron chi connectivity index (χ2n) is 5.78. The van der Waals surface area contributed by atoms with Crippen LogP contribution < -0.4 is 5.32 Å². The highest BCUT2D eigenvalue weighted by Gasteiger charge is 2.04. The monoisotopic (exact) mass is 341 g/mol. The van der Waals surface area contributed by atoms with Crippen LogP contribution >= 0.6 is 11.6 Å². The molecule has 0 saturated heterocycles. The van der Waals surface area contributed by atoms with E-state index in [0.717, 1.165) is 35.6 Å². The Balaban J connectivity index is 1.37. The Bertz CT molecular complexity index is 778. The highest BCUT2D eigenvalue weighted by atomic mass is 35.5. The molecule has 5 heteroatoms. The van der Waals surface area contributed by atoms with Crippen molar-refractivity contribution >= 4 is 23.2 Å². The minimum Gasteiger partial charge on any atom is -0.356 e. The average molecular weight is 342 g/mol. The van der Waals surface area contributed by atoms with Crippen molar-refractivity contribution in [2.75, 3.05) is 6.54 Å². The Morgan fingerprint density at radius 2 is 1.96 bits per heavy atom. The Kier molecular flexibility index (Phi) is 5.49. The molecule has 1 aromatic carbocycles. The molecule has 0 fully saturated rings. The van der Waals surface area contributed by atoms with Gasteiger partial charge in [-0.25, -0.2) is 4.98 Å². The molecule has 1 amide bonds. The van der Waals surface area contributed by atoms with Crippen LogP contribution in [-0.2, 0) is 17.6 Å². The number of carbonyl (C=O) groups is 1. The number of amides is 1. The van der Waals surface area contributed by atoms with Crippen LogP contribution in [-0.4, -0.2) is 21.8 Å². The minimum atomic E-state index is 0.0905. The third-order valence-electron chi connectivity index (χ3n) is 3.90. The zero-order valence-electron chi connectivity index (χ0n) is 13.4. The molecule has 0 atom stereocenters. The van der Waals surface area contributed by atoms with E-state index in [9.17, 15) is 4.79 Å². The number of carbonyl (C=O) groups excluding carboxylic acids is 1. The molecule has 0 aliphatic carbocycles. The molecule has 0 spiro atoms. The van der Waals surface area contributed by atoms with Crippen LogP contribution in [0.15, 0.2) is 54.9 Å². The van der Waals surface area contributed by atoms with Crippen molar-refractivity contribution in [2.24, 2.45) is 0 Å². The molecular formula is C19H20ClN3O. The van der Waals surface area contributed by atoms with E-state index in [-0.39, 0.29) is 5.91 Å². The molecule has 2 aromatic heterocycles. The van der Waals surface area contributed by atoms with Gasteiger partial charge in [0.25, 0.3) is 0 Å². The van der Waals surface area contributed by atoms with Crippen LogP contribution in [0.5, 0.6) is 0 Å². The van der Waals surface area contributed by atoms with Crippen molar-refractivity contribution in [3.05, 3.63) is 71.1 Å². The van der Waals surface area contributed by atoms with Crippen LogP contribution in [0.25, 0.3) is 5.65 Å². The number of imidazole rings is 1. The Morgan fingerprint density at radius 3 is 2.75 bits per heavy atom. The van der Waals surface area contributed by atoms with E-state index in [2.05, 4.69) is 10.3 Å². The number of nitrogens with zero attached hydrogens (tertiary/aromatic N) is 2. The SMILES string of the molecule is O=C(CCCc1ccc(Cl)cc1)NCCc1cn2ccccc2n1. The zero-order chi connectivity index (χ0) is 16.8. The number of halogens is 1. The molecule has 2 heterocycles. The van der Waals surface area contributed by atoms with E-state index in [1.807, 2.05) is 59.3 Å². The van der Waals surface area contributed by atoms with Crippen molar-refractivity contribution in [1.29, 1.82) is 0 Å². The van der Waals surface area contributed by atoms with Gasteiger partial charge in [0, 0.05) is 36.8 Å². The standard InChI is InChI=1S/C19H20ClN3O/c20-16-9-7-15(8-10-16)4-3-6-19(24)21-12-11-17-14-23-13-2-1-5-18(23)22-17/h1-2,5,7-10,13-14H,3-4,6,11-12H2,(H,21,24). The minimum absolute atomic E-state index is 0.0905. The van der Waals surface area contributed by atoms with E-state index < -0.39 is 0 Å². The third-order valence-corrected chi connectivity index (χ3v) is 4.15. The van der Waals surface area contributed by atoms with Gasteiger partial charge in [0.1, 0.15) is 5.65 Å². The van der Waals surface area contributed by atoms with Gasteiger partial charge in [-0.1, -0.05) is 29.8 Å². The lowest BCUT2D eigenvalue weighted by atomic mass is 10.1. The molecule has 0 saturated carbocycles. The Morgan fingerprint density at radius 1 is 1.12 bits per heavy atom. The van der Waals surface area contributed by atoms with E-state index >= 15 is 0 Å². The normalized spacial score (nSPS) is 10.9. The zero-order valence-corrected chi connectivity index (χ0v) is 14.2. The molecule has 0 bridgehead atoms. The van der Waals surface area contributed by atoms with Crippen LogP contribution in [0.2, 0.25) is 5.02 Å². The molecule has 4 nitrogen and oxygen atoms in total. The van der Waals surface area contributed by atoms with Gasteiger partial charge in [-0.3, -0.25) is 4.79 Å². The van der Waals surface area contributed by atoms with E-state index in [1.54, 1.807) is 0 Å². The number of nitrogens with one attached hydrogen (secondary N) is 1. The summed E-state index contributed by atoms with van der Waals surface area (Å²) in [5, 5.41) is 3.70. The maximum absolute atomic E-state index is 11.9. The highest BCUT2D eigenvalue weighted by molar-refractivity contribution is 6.30. The molecule has 1 N–H and O–H groups in total. The molecule has 0 radical (unpaired) electrons. The van der Waals surface area contributed by atoms with Crippen LogP contribution in [0.3, 0.4) is 0 Å². The number of hydrogen-bond donors (Lipinski definition) is 1. The summed E-state index contributed by atoms with van der Waals surface area (Å²) in [6.07, 6.45) is 6.97. The van der Waals surface area contributed by atoms with Gasteiger partial charge in [-0.2, -0.15) is 0 Å². The maximum Gasteiger partial charge on any atom is 0.220 e. The first-order valence-electron chi connectivity index (χ1n) is 8.14. The smallest absolute Gasteiger partial charge is 0.220 e. The summed E-state index contributed by atoms with van der Waals surface area (Å²) in [5.41, 5.74) is 3.13. The first kappa shape index (κ1) is 16.5. The van der Waals surface area contributed by atoms with E-state index in [0.29, 0.717) is 13.0 Å². The van der Waals surface area contributed by atoms with Gasteiger partial charge in [-0.05, 0) is 42.7 Å².